The van der Waals surface area contributed by atoms with E-state index >= 15 is 0 Å². The molecular weight excluding hydrogens is 314 g/mol. The number of hydrogen-bond donors (Lipinski definition) is 3. The van der Waals surface area contributed by atoms with Crippen molar-refractivity contribution < 1.29 is 13.2 Å². The Morgan fingerprint density at radius 3 is 2.87 bits per heavy atom. The Morgan fingerprint density at radius 2 is 2.09 bits per heavy atom. The van der Waals surface area contributed by atoms with Crippen LogP contribution in [0.5, 0.6) is 0 Å². The minimum atomic E-state index is -2.89. The maximum absolute atomic E-state index is 11.8. The molecule has 0 saturated carbocycles. The number of nitrogens with one attached hydrogen (secondary N) is 3. The molecule has 0 radical (unpaired) electrons. The Balaban J connectivity index is 1.41. The van der Waals surface area contributed by atoms with E-state index < -0.39 is 9.84 Å². The number of carbonyl (C=O) groups excluding carboxylic acids is 1. The smallest absolute Gasteiger partial charge is 0.314 e. The maximum atomic E-state index is 11.8. The van der Waals surface area contributed by atoms with Crippen molar-refractivity contribution in [3.8, 4) is 0 Å². The Kier molecular flexibility index (Phi) is 4.56. The van der Waals surface area contributed by atoms with E-state index in [2.05, 4.69) is 21.7 Å². The number of benzene rings is 1. The lowest BCUT2D eigenvalue weighted by molar-refractivity contribution is 0.239. The van der Waals surface area contributed by atoms with Crippen LogP contribution in [-0.2, 0) is 16.3 Å². The Bertz CT molecular complexity index is 798. The second-order valence-corrected chi connectivity index (χ2v) is 8.24. The van der Waals surface area contributed by atoms with Crippen LogP contribution < -0.4 is 10.6 Å². The number of amides is 2. The van der Waals surface area contributed by atoms with Crippen LogP contribution in [0.25, 0.3) is 10.9 Å². The minimum absolute atomic E-state index is 0.0411. The van der Waals surface area contributed by atoms with E-state index in [1.807, 2.05) is 24.4 Å². The quantitative estimate of drug-likeness (QED) is 0.772. The van der Waals surface area contributed by atoms with Gasteiger partial charge in [0.25, 0.3) is 0 Å². The summed E-state index contributed by atoms with van der Waals surface area (Å²) in [6.07, 6.45) is 3.35. The van der Waals surface area contributed by atoms with Crippen molar-refractivity contribution in [2.75, 3.05) is 24.6 Å². The van der Waals surface area contributed by atoms with Crippen LogP contribution in [-0.4, -0.2) is 44.0 Å². The number of aromatic nitrogens is 1. The first-order chi connectivity index (χ1) is 11.0. The van der Waals surface area contributed by atoms with Gasteiger partial charge in [0.2, 0.25) is 0 Å². The number of sulfone groups is 1. The van der Waals surface area contributed by atoms with Gasteiger partial charge in [0.05, 0.1) is 11.5 Å². The third kappa shape index (κ3) is 4.04. The van der Waals surface area contributed by atoms with Gasteiger partial charge in [-0.25, -0.2) is 13.2 Å². The summed E-state index contributed by atoms with van der Waals surface area (Å²) < 4.78 is 22.7. The Morgan fingerprint density at radius 1 is 1.26 bits per heavy atom. The molecule has 1 saturated heterocycles. The molecule has 1 fully saturated rings. The van der Waals surface area contributed by atoms with E-state index in [-0.39, 0.29) is 23.5 Å². The van der Waals surface area contributed by atoms with Crippen LogP contribution in [0, 0.1) is 5.92 Å². The molecule has 1 aliphatic heterocycles. The van der Waals surface area contributed by atoms with Crippen LogP contribution in [0.4, 0.5) is 4.79 Å². The molecule has 2 heterocycles. The predicted molar refractivity (Wildman–Crippen MR) is 90.2 cm³/mol. The van der Waals surface area contributed by atoms with Gasteiger partial charge >= 0.3 is 6.03 Å². The van der Waals surface area contributed by atoms with E-state index in [4.69, 9.17) is 0 Å². The molecule has 0 spiro atoms. The monoisotopic (exact) mass is 335 g/mol. The van der Waals surface area contributed by atoms with Crippen LogP contribution in [0.1, 0.15) is 12.0 Å². The van der Waals surface area contributed by atoms with E-state index in [0.29, 0.717) is 19.5 Å². The zero-order valence-corrected chi connectivity index (χ0v) is 13.7. The summed E-state index contributed by atoms with van der Waals surface area (Å²) in [6.45, 7) is 0.953. The largest absolute Gasteiger partial charge is 0.361 e. The molecule has 0 bridgehead atoms. The van der Waals surface area contributed by atoms with Crippen molar-refractivity contribution in [1.82, 2.24) is 15.6 Å². The lowest BCUT2D eigenvalue weighted by Gasteiger charge is -2.10. The van der Waals surface area contributed by atoms with Crippen LogP contribution in [0.15, 0.2) is 30.5 Å². The summed E-state index contributed by atoms with van der Waals surface area (Å²) in [7, 11) is -2.89. The number of para-hydroxylation sites is 1. The summed E-state index contributed by atoms with van der Waals surface area (Å²) in [5.74, 6) is 0.462. The van der Waals surface area contributed by atoms with Gasteiger partial charge in [-0.2, -0.15) is 0 Å². The summed E-state index contributed by atoms with van der Waals surface area (Å²) in [5, 5.41) is 6.75. The van der Waals surface area contributed by atoms with Gasteiger partial charge in [-0.15, -0.1) is 0 Å². The van der Waals surface area contributed by atoms with Crippen molar-refractivity contribution in [3.05, 3.63) is 36.0 Å². The fourth-order valence-electron chi connectivity index (χ4n) is 2.98. The minimum Gasteiger partial charge on any atom is -0.361 e. The molecule has 1 aliphatic rings. The first-order valence-corrected chi connectivity index (χ1v) is 9.63. The number of fused-ring (bicyclic) bond motifs is 1. The van der Waals surface area contributed by atoms with Crippen LogP contribution in [0.2, 0.25) is 0 Å². The van der Waals surface area contributed by atoms with Crippen LogP contribution >= 0.6 is 0 Å². The average molecular weight is 335 g/mol. The fraction of sp³-hybridized carbons (Fsp3) is 0.438. The Labute approximate surface area is 135 Å². The summed E-state index contributed by atoms with van der Waals surface area (Å²) >= 11 is 0. The van der Waals surface area contributed by atoms with E-state index in [1.165, 1.54) is 10.9 Å². The molecule has 1 aromatic carbocycles. The van der Waals surface area contributed by atoms with Gasteiger partial charge in [-0.1, -0.05) is 18.2 Å². The normalized spacial score (nSPS) is 19.7. The molecule has 0 aliphatic carbocycles. The lowest BCUT2D eigenvalue weighted by Crippen LogP contribution is -2.39. The van der Waals surface area contributed by atoms with Gasteiger partial charge in [0, 0.05) is 30.2 Å². The molecule has 2 aromatic rings. The number of H-pyrrole nitrogens is 1. The fourth-order valence-corrected chi connectivity index (χ4v) is 4.84. The van der Waals surface area contributed by atoms with E-state index in [0.717, 1.165) is 11.9 Å². The van der Waals surface area contributed by atoms with Gasteiger partial charge in [0.15, 0.2) is 9.84 Å². The van der Waals surface area contributed by atoms with Gasteiger partial charge in [-0.3, -0.25) is 0 Å². The van der Waals surface area contributed by atoms with Crippen molar-refractivity contribution in [1.29, 1.82) is 0 Å². The van der Waals surface area contributed by atoms with E-state index in [9.17, 15) is 13.2 Å². The third-order valence-corrected chi connectivity index (χ3v) is 6.07. The molecule has 6 nitrogen and oxygen atoms in total. The second kappa shape index (κ2) is 6.62. The van der Waals surface area contributed by atoms with Gasteiger partial charge in [-0.05, 0) is 30.4 Å². The molecule has 2 amide bonds. The standard InChI is InChI=1S/C16H21N3O3S/c20-16(19-9-12-6-8-23(21,22)11-12)17-7-5-13-10-18-15-4-2-1-3-14(13)15/h1-4,10,12,18H,5-9,11H2,(H2,17,19,20)/t12-/m0/s1. The third-order valence-electron chi connectivity index (χ3n) is 4.23. The number of hydrogen-bond acceptors (Lipinski definition) is 3. The van der Waals surface area contributed by atoms with Gasteiger partial charge < -0.3 is 15.6 Å². The number of urea groups is 1. The molecular formula is C16H21N3O3S. The highest BCUT2D eigenvalue weighted by Gasteiger charge is 2.27. The second-order valence-electron chi connectivity index (χ2n) is 6.02. The SMILES string of the molecule is O=C(NCCc1c[nH]c2ccccc12)NC[C@@H]1CCS(=O)(=O)C1. The lowest BCUT2D eigenvalue weighted by atomic mass is 10.1. The predicted octanol–water partition coefficient (Wildman–Crippen LogP) is 1.44. The van der Waals surface area contributed by atoms with Crippen molar-refractivity contribution in [3.63, 3.8) is 0 Å². The molecule has 1 aromatic heterocycles. The highest BCUT2D eigenvalue weighted by molar-refractivity contribution is 7.91. The van der Waals surface area contributed by atoms with Gasteiger partial charge in [0.1, 0.15) is 0 Å². The van der Waals surface area contributed by atoms with Crippen molar-refractivity contribution in [2.24, 2.45) is 5.92 Å². The zero-order chi connectivity index (χ0) is 16.3. The summed E-state index contributed by atoms with van der Waals surface area (Å²) in [5.41, 5.74) is 2.26. The first-order valence-electron chi connectivity index (χ1n) is 7.80. The van der Waals surface area contributed by atoms with Crippen molar-refractivity contribution in [2.45, 2.75) is 12.8 Å². The number of rotatable bonds is 5. The molecule has 7 heteroatoms. The molecule has 3 N–H and O–H groups in total. The summed E-state index contributed by atoms with van der Waals surface area (Å²) in [4.78, 5) is 15.0. The molecule has 0 unspecified atom stereocenters. The highest BCUT2D eigenvalue weighted by atomic mass is 32.2. The van der Waals surface area contributed by atoms with Crippen LogP contribution in [0.3, 0.4) is 0 Å². The summed E-state index contributed by atoms with van der Waals surface area (Å²) in [6, 6.07) is 7.82. The van der Waals surface area contributed by atoms with E-state index in [1.54, 1.807) is 0 Å². The molecule has 1 atom stereocenters. The Hall–Kier alpha value is -2.02. The first kappa shape index (κ1) is 15.9. The maximum Gasteiger partial charge on any atom is 0.314 e. The molecule has 124 valence electrons. The highest BCUT2D eigenvalue weighted by Crippen LogP contribution is 2.18. The number of carbonyl (C=O) groups is 1. The molecule has 23 heavy (non-hydrogen) atoms. The number of aromatic amines is 1. The van der Waals surface area contributed by atoms with Crippen molar-refractivity contribution >= 4 is 26.8 Å². The zero-order valence-electron chi connectivity index (χ0n) is 12.8. The molecule has 3 rings (SSSR count). The topological polar surface area (TPSA) is 91.1 Å². The average Bonchev–Trinajstić information content (AvgIpc) is 3.09.